The lowest BCUT2D eigenvalue weighted by molar-refractivity contribution is 0.509. The highest BCUT2D eigenvalue weighted by Gasteiger charge is 2.08. The summed E-state index contributed by atoms with van der Waals surface area (Å²) in [5, 5.41) is 0. The lowest BCUT2D eigenvalue weighted by Gasteiger charge is -1.96. The van der Waals surface area contributed by atoms with E-state index in [-0.39, 0.29) is 0 Å². The molecule has 5 heteroatoms. The van der Waals surface area contributed by atoms with Gasteiger partial charge in [-0.15, -0.1) is 0 Å². The zero-order valence-corrected chi connectivity index (χ0v) is 8.64. The molecule has 0 aliphatic rings. The smallest absolute Gasteiger partial charge is 0.234 e. The van der Waals surface area contributed by atoms with Crippen LogP contribution in [0.15, 0.2) is 42.9 Å². The fourth-order valence-corrected chi connectivity index (χ4v) is 1.62. The van der Waals surface area contributed by atoms with Crippen molar-refractivity contribution in [3.8, 4) is 11.3 Å². The minimum Gasteiger partial charge on any atom is -0.291 e. The Labute approximate surface area is 95.4 Å². The minimum absolute atomic E-state index is 0.521. The highest BCUT2D eigenvalue weighted by atomic mass is 19.2. The third-order valence-corrected chi connectivity index (χ3v) is 2.45. The summed E-state index contributed by atoms with van der Waals surface area (Å²) in [5.41, 5.74) is 1.08. The molecule has 1 aromatic carbocycles. The Morgan fingerprint density at radius 1 is 1.12 bits per heavy atom. The van der Waals surface area contributed by atoms with E-state index in [2.05, 4.69) is 9.97 Å². The van der Waals surface area contributed by atoms with E-state index in [9.17, 15) is 8.78 Å². The number of fused-ring (bicyclic) bond motifs is 1. The highest BCUT2D eigenvalue weighted by molar-refractivity contribution is 5.61. The molecule has 2 heterocycles. The van der Waals surface area contributed by atoms with Gasteiger partial charge in [-0.05, 0) is 24.3 Å². The summed E-state index contributed by atoms with van der Waals surface area (Å²) in [7, 11) is 0. The van der Waals surface area contributed by atoms with Crippen molar-refractivity contribution in [2.45, 2.75) is 0 Å². The zero-order valence-electron chi connectivity index (χ0n) is 8.64. The molecule has 17 heavy (non-hydrogen) atoms. The molecule has 0 saturated carbocycles. The molecule has 3 nitrogen and oxygen atoms in total. The molecule has 0 spiro atoms. The van der Waals surface area contributed by atoms with Crippen molar-refractivity contribution < 1.29 is 8.78 Å². The number of halogens is 2. The van der Waals surface area contributed by atoms with Gasteiger partial charge >= 0.3 is 0 Å². The predicted molar refractivity (Wildman–Crippen MR) is 58.3 cm³/mol. The molecule has 0 unspecified atom stereocenters. The fourth-order valence-electron chi connectivity index (χ4n) is 1.62. The highest BCUT2D eigenvalue weighted by Crippen LogP contribution is 2.20. The predicted octanol–water partition coefficient (Wildman–Crippen LogP) is 2.67. The van der Waals surface area contributed by atoms with Crippen LogP contribution in [0.25, 0.3) is 17.0 Å². The number of nitrogens with zero attached hydrogens (tertiary/aromatic N) is 3. The van der Waals surface area contributed by atoms with E-state index in [4.69, 9.17) is 0 Å². The van der Waals surface area contributed by atoms with E-state index in [0.717, 1.165) is 12.1 Å². The maximum atomic E-state index is 13.1. The SMILES string of the molecule is Fc1ccc(-c2cn3cccnc3n2)cc1F. The average molecular weight is 231 g/mol. The zero-order chi connectivity index (χ0) is 11.8. The number of hydrogen-bond acceptors (Lipinski definition) is 2. The van der Waals surface area contributed by atoms with Crippen LogP contribution in [0.3, 0.4) is 0 Å². The normalized spacial score (nSPS) is 10.9. The first kappa shape index (κ1) is 9.89. The third-order valence-electron chi connectivity index (χ3n) is 2.45. The first-order valence-corrected chi connectivity index (χ1v) is 4.99. The summed E-state index contributed by atoms with van der Waals surface area (Å²) >= 11 is 0. The Bertz CT molecular complexity index is 658. The summed E-state index contributed by atoms with van der Waals surface area (Å²) in [4.78, 5) is 8.27. The van der Waals surface area contributed by atoms with E-state index < -0.39 is 11.6 Å². The molecule has 0 fully saturated rings. The summed E-state index contributed by atoms with van der Waals surface area (Å²) < 4.78 is 27.6. The van der Waals surface area contributed by atoms with Gasteiger partial charge in [0.05, 0.1) is 5.69 Å². The molecule has 0 atom stereocenters. The fraction of sp³-hybridized carbons (Fsp3) is 0. The lowest BCUT2D eigenvalue weighted by Crippen LogP contribution is -1.85. The van der Waals surface area contributed by atoms with Gasteiger partial charge in [-0.25, -0.2) is 18.7 Å². The second-order valence-electron chi connectivity index (χ2n) is 3.58. The van der Waals surface area contributed by atoms with Crippen LogP contribution in [0.2, 0.25) is 0 Å². The van der Waals surface area contributed by atoms with Gasteiger partial charge in [-0.3, -0.25) is 4.40 Å². The van der Waals surface area contributed by atoms with Crippen molar-refractivity contribution >= 4 is 5.78 Å². The van der Waals surface area contributed by atoms with E-state index >= 15 is 0 Å². The quantitative estimate of drug-likeness (QED) is 0.644. The van der Waals surface area contributed by atoms with Gasteiger partial charge < -0.3 is 0 Å². The van der Waals surface area contributed by atoms with Crippen molar-refractivity contribution in [1.29, 1.82) is 0 Å². The molecule has 84 valence electrons. The van der Waals surface area contributed by atoms with E-state index in [1.807, 2.05) is 0 Å². The van der Waals surface area contributed by atoms with Crippen molar-refractivity contribution in [2.24, 2.45) is 0 Å². The van der Waals surface area contributed by atoms with Gasteiger partial charge in [-0.2, -0.15) is 0 Å². The first-order chi connectivity index (χ1) is 8.24. The number of rotatable bonds is 1. The standard InChI is InChI=1S/C12H7F2N3/c13-9-3-2-8(6-10(9)14)11-7-17-5-1-4-15-12(17)16-11/h1-7H. The molecule has 2 aromatic heterocycles. The topological polar surface area (TPSA) is 30.2 Å². The van der Waals surface area contributed by atoms with Gasteiger partial charge in [0.2, 0.25) is 5.78 Å². The van der Waals surface area contributed by atoms with Crippen molar-refractivity contribution in [3.05, 3.63) is 54.5 Å². The average Bonchev–Trinajstić information content (AvgIpc) is 2.76. The van der Waals surface area contributed by atoms with Crippen molar-refractivity contribution in [3.63, 3.8) is 0 Å². The molecule has 0 radical (unpaired) electrons. The van der Waals surface area contributed by atoms with Crippen LogP contribution in [0.1, 0.15) is 0 Å². The molecule has 0 aliphatic heterocycles. The minimum atomic E-state index is -0.882. The summed E-state index contributed by atoms with van der Waals surface area (Å²) in [6.45, 7) is 0. The maximum Gasteiger partial charge on any atom is 0.234 e. The van der Waals surface area contributed by atoms with Gasteiger partial charge in [0.15, 0.2) is 11.6 Å². The van der Waals surface area contributed by atoms with Gasteiger partial charge in [0.25, 0.3) is 0 Å². The molecule has 0 amide bonds. The lowest BCUT2D eigenvalue weighted by atomic mass is 10.1. The number of imidazole rings is 1. The molecule has 0 bridgehead atoms. The van der Waals surface area contributed by atoms with Crippen LogP contribution >= 0.6 is 0 Å². The van der Waals surface area contributed by atoms with Crippen LogP contribution < -0.4 is 0 Å². The van der Waals surface area contributed by atoms with Crippen LogP contribution in [-0.2, 0) is 0 Å². The van der Waals surface area contributed by atoms with Crippen molar-refractivity contribution in [2.75, 3.05) is 0 Å². The molecule has 0 saturated heterocycles. The first-order valence-electron chi connectivity index (χ1n) is 4.99. The molecule has 3 rings (SSSR count). The second kappa shape index (κ2) is 3.62. The Balaban J connectivity index is 2.17. The van der Waals surface area contributed by atoms with Crippen LogP contribution in [0.5, 0.6) is 0 Å². The molecule has 0 aliphatic carbocycles. The Morgan fingerprint density at radius 3 is 2.76 bits per heavy atom. The Hall–Kier alpha value is -2.30. The number of aromatic nitrogens is 3. The Kier molecular flexibility index (Phi) is 2.11. The van der Waals surface area contributed by atoms with E-state index in [1.165, 1.54) is 6.07 Å². The van der Waals surface area contributed by atoms with Crippen molar-refractivity contribution in [1.82, 2.24) is 14.4 Å². The monoisotopic (exact) mass is 231 g/mol. The van der Waals surface area contributed by atoms with Crippen LogP contribution in [0.4, 0.5) is 8.78 Å². The van der Waals surface area contributed by atoms with Crippen LogP contribution in [-0.4, -0.2) is 14.4 Å². The summed E-state index contributed by atoms with van der Waals surface area (Å²) in [6, 6.07) is 5.46. The number of benzene rings is 1. The maximum absolute atomic E-state index is 13.1. The van der Waals surface area contributed by atoms with Gasteiger partial charge in [0.1, 0.15) is 0 Å². The Morgan fingerprint density at radius 2 is 2.00 bits per heavy atom. The van der Waals surface area contributed by atoms with E-state index in [0.29, 0.717) is 17.0 Å². The second-order valence-corrected chi connectivity index (χ2v) is 3.58. The largest absolute Gasteiger partial charge is 0.291 e. The third kappa shape index (κ3) is 1.65. The summed E-state index contributed by atoms with van der Waals surface area (Å²) in [5.74, 6) is -1.23. The summed E-state index contributed by atoms with van der Waals surface area (Å²) in [6.07, 6.45) is 5.13. The number of hydrogen-bond donors (Lipinski definition) is 0. The van der Waals surface area contributed by atoms with Crippen LogP contribution in [0, 0.1) is 11.6 Å². The molecular formula is C12H7F2N3. The molecular weight excluding hydrogens is 224 g/mol. The van der Waals surface area contributed by atoms with E-state index in [1.54, 1.807) is 29.1 Å². The van der Waals surface area contributed by atoms with Gasteiger partial charge in [0, 0.05) is 24.2 Å². The molecule has 3 aromatic rings. The van der Waals surface area contributed by atoms with Gasteiger partial charge in [-0.1, -0.05) is 0 Å². The molecule has 0 N–H and O–H groups in total.